The highest BCUT2D eigenvalue weighted by Crippen LogP contribution is 2.15. The number of nitrogens with zero attached hydrogens (tertiary/aromatic N) is 2. The van der Waals surface area contributed by atoms with Crippen LogP contribution in [0.3, 0.4) is 0 Å². The molecule has 0 amide bonds. The number of ether oxygens (including phenoxy) is 4. The molecule has 0 aromatic heterocycles. The van der Waals surface area contributed by atoms with Gasteiger partial charge >= 0.3 is 17.9 Å². The molecule has 0 aromatic rings. The van der Waals surface area contributed by atoms with Crippen molar-refractivity contribution in [2.75, 3.05) is 87.4 Å². The van der Waals surface area contributed by atoms with Gasteiger partial charge in [-0.3, -0.25) is 4.79 Å². The van der Waals surface area contributed by atoms with Gasteiger partial charge in [-0.25, -0.2) is 9.59 Å². The summed E-state index contributed by atoms with van der Waals surface area (Å²) in [6.07, 6.45) is 42.5. The first-order valence-electron chi connectivity index (χ1n) is 25.7. The molecule has 0 rings (SSSR count). The first kappa shape index (κ1) is 65.2. The van der Waals surface area contributed by atoms with Crippen LogP contribution in [0.1, 0.15) is 226 Å². The number of esters is 3. The summed E-state index contributed by atoms with van der Waals surface area (Å²) in [5.74, 6) is -0.687. The summed E-state index contributed by atoms with van der Waals surface area (Å²) in [5, 5.41) is 0. The van der Waals surface area contributed by atoms with E-state index in [0.29, 0.717) is 48.4 Å². The molecule has 11 heteroatoms. The normalized spacial score (nSPS) is 11.5. The number of unbranched alkanes of at least 4 members (excludes halogenated alkanes) is 30. The second kappa shape index (κ2) is 47.8. The van der Waals surface area contributed by atoms with Crippen LogP contribution in [-0.2, 0) is 33.3 Å². The molecule has 62 heavy (non-hydrogen) atoms. The van der Waals surface area contributed by atoms with Crippen molar-refractivity contribution in [1.82, 2.24) is 0 Å². The number of quaternary nitrogens is 2. The highest BCUT2D eigenvalue weighted by atomic mass is 35.5. The van der Waals surface area contributed by atoms with Gasteiger partial charge in [-0.1, -0.05) is 206 Å². The van der Waals surface area contributed by atoms with Gasteiger partial charge in [-0.05, 0) is 12.8 Å². The Labute approximate surface area is 396 Å². The van der Waals surface area contributed by atoms with Crippen LogP contribution in [0.4, 0.5) is 0 Å². The Bertz CT molecular complexity index is 986. The highest BCUT2D eigenvalue weighted by Gasteiger charge is 2.23. The summed E-state index contributed by atoms with van der Waals surface area (Å²) in [6, 6.07) is 0. The van der Waals surface area contributed by atoms with Crippen molar-refractivity contribution >= 4 is 17.9 Å². The summed E-state index contributed by atoms with van der Waals surface area (Å²) in [5.41, 5.74) is 0. The lowest BCUT2D eigenvalue weighted by Crippen LogP contribution is -3.00. The number of rotatable bonds is 47. The molecule has 372 valence electrons. The second-order valence-electron chi connectivity index (χ2n) is 19.3. The molecule has 0 N–H and O–H groups in total. The standard InChI is InChI=1S/C51H102N2O7.2ClH/c1-7-9-11-13-15-17-19-21-23-25-27-29-31-33-35-37-42-58-50(55)47-52(3,4)40-45-57-44-39-49(54)60-46-41-53(5,6)48-51(56)59-43-38-36-34-32-30-28-26-24-22-20-18-16-14-12-10-8-2;;/h7-48H2,1-6H3;2*1H/q+2;;/p-2. The van der Waals surface area contributed by atoms with Crippen molar-refractivity contribution in [3.63, 3.8) is 0 Å². The van der Waals surface area contributed by atoms with E-state index in [4.69, 9.17) is 18.9 Å². The lowest BCUT2D eigenvalue weighted by atomic mass is 10.0. The van der Waals surface area contributed by atoms with E-state index in [1.54, 1.807) is 0 Å². The Morgan fingerprint density at radius 1 is 0.323 bits per heavy atom. The fourth-order valence-electron chi connectivity index (χ4n) is 7.67. The van der Waals surface area contributed by atoms with Gasteiger partial charge in [0.25, 0.3) is 0 Å². The van der Waals surface area contributed by atoms with E-state index in [2.05, 4.69) is 13.8 Å². The Kier molecular flexibility index (Phi) is 50.3. The number of halogens is 2. The molecule has 0 aliphatic heterocycles. The zero-order valence-electron chi connectivity index (χ0n) is 41.7. The third kappa shape index (κ3) is 49.9. The molecule has 0 aliphatic rings. The Balaban J connectivity index is -0.0000174. The third-order valence-electron chi connectivity index (χ3n) is 11.9. The highest BCUT2D eigenvalue weighted by molar-refractivity contribution is 5.71. The summed E-state index contributed by atoms with van der Waals surface area (Å²) in [6.45, 7) is 8.20. The quantitative estimate of drug-likeness (QED) is 0.0291. The van der Waals surface area contributed by atoms with Crippen LogP contribution in [-0.4, -0.2) is 114 Å². The summed E-state index contributed by atoms with van der Waals surface area (Å²) in [7, 11) is 7.88. The lowest BCUT2D eigenvalue weighted by molar-refractivity contribution is -0.883. The summed E-state index contributed by atoms with van der Waals surface area (Å²) in [4.78, 5) is 37.1. The van der Waals surface area contributed by atoms with E-state index < -0.39 is 0 Å². The van der Waals surface area contributed by atoms with Crippen LogP contribution in [0.2, 0.25) is 0 Å². The molecule has 0 aromatic carbocycles. The molecular formula is C51H102Cl2N2O7. The van der Waals surface area contributed by atoms with Gasteiger partial charge in [-0.15, -0.1) is 0 Å². The van der Waals surface area contributed by atoms with E-state index in [-0.39, 0.29) is 68.9 Å². The van der Waals surface area contributed by atoms with Crippen molar-refractivity contribution in [1.29, 1.82) is 0 Å². The summed E-state index contributed by atoms with van der Waals surface area (Å²) < 4.78 is 23.0. The minimum atomic E-state index is -0.313. The number of hydrogen-bond donors (Lipinski definition) is 0. The molecule has 0 aliphatic carbocycles. The average Bonchev–Trinajstić information content (AvgIpc) is 3.19. The predicted octanol–water partition coefficient (Wildman–Crippen LogP) is 6.71. The number of carbonyl (C=O) groups is 3. The maximum atomic E-state index is 12.4. The van der Waals surface area contributed by atoms with Crippen molar-refractivity contribution in [3.05, 3.63) is 0 Å². The molecular weight excluding hydrogens is 823 g/mol. The van der Waals surface area contributed by atoms with Crippen LogP contribution in [0.25, 0.3) is 0 Å². The monoisotopic (exact) mass is 925 g/mol. The number of carbonyl (C=O) groups excluding carboxylic acids is 3. The molecule has 0 bridgehead atoms. The molecule has 0 radical (unpaired) electrons. The van der Waals surface area contributed by atoms with Gasteiger partial charge < -0.3 is 52.7 Å². The Morgan fingerprint density at radius 2 is 0.581 bits per heavy atom. The minimum absolute atomic E-state index is 0. The molecule has 0 spiro atoms. The zero-order valence-corrected chi connectivity index (χ0v) is 43.2. The van der Waals surface area contributed by atoms with Crippen LogP contribution < -0.4 is 24.8 Å². The van der Waals surface area contributed by atoms with Gasteiger partial charge in [0.15, 0.2) is 13.1 Å². The smallest absolute Gasteiger partial charge is 0.361 e. The van der Waals surface area contributed by atoms with Crippen LogP contribution >= 0.6 is 0 Å². The SMILES string of the molecule is CCCCCCCCCCCCCCCCCCOC(=O)C[N+](C)(C)CCOCCC(=O)OCC[N+](C)(C)CC(=O)OCCCCCCCCCCCCCCCCCC.[Cl-].[Cl-]. The molecule has 0 fully saturated rings. The van der Waals surface area contributed by atoms with Gasteiger partial charge in [0.2, 0.25) is 0 Å². The van der Waals surface area contributed by atoms with E-state index >= 15 is 0 Å². The topological polar surface area (TPSA) is 88.1 Å². The van der Waals surface area contributed by atoms with Gasteiger partial charge in [0.1, 0.15) is 19.7 Å². The van der Waals surface area contributed by atoms with Crippen LogP contribution in [0.5, 0.6) is 0 Å². The van der Waals surface area contributed by atoms with Crippen molar-refractivity contribution in [2.45, 2.75) is 226 Å². The third-order valence-corrected chi connectivity index (χ3v) is 11.9. The van der Waals surface area contributed by atoms with Crippen molar-refractivity contribution in [3.8, 4) is 0 Å². The Morgan fingerprint density at radius 3 is 0.887 bits per heavy atom. The molecule has 0 atom stereocenters. The van der Waals surface area contributed by atoms with Crippen molar-refractivity contribution < 1.29 is 67.1 Å². The first-order valence-corrected chi connectivity index (χ1v) is 25.7. The maximum absolute atomic E-state index is 12.4. The molecule has 0 saturated carbocycles. The molecule has 0 saturated heterocycles. The lowest BCUT2D eigenvalue weighted by Gasteiger charge is -2.28. The number of likely N-dealkylation sites (N-methyl/N-ethyl adjacent to an activating group) is 2. The largest absolute Gasteiger partial charge is 1.00 e. The van der Waals surface area contributed by atoms with E-state index in [9.17, 15) is 14.4 Å². The molecule has 0 unspecified atom stereocenters. The maximum Gasteiger partial charge on any atom is 0.361 e. The Hall–Kier alpha value is -1.13. The fourth-order valence-corrected chi connectivity index (χ4v) is 7.67. The van der Waals surface area contributed by atoms with Gasteiger partial charge in [0.05, 0.1) is 61.0 Å². The van der Waals surface area contributed by atoms with Gasteiger partial charge in [0, 0.05) is 0 Å². The predicted molar refractivity (Wildman–Crippen MR) is 251 cm³/mol. The van der Waals surface area contributed by atoms with Crippen molar-refractivity contribution in [2.24, 2.45) is 0 Å². The number of hydrogen-bond acceptors (Lipinski definition) is 7. The van der Waals surface area contributed by atoms with E-state index in [1.807, 2.05) is 28.2 Å². The van der Waals surface area contributed by atoms with Gasteiger partial charge in [-0.2, -0.15) is 0 Å². The van der Waals surface area contributed by atoms with Crippen LogP contribution in [0, 0.1) is 0 Å². The first-order chi connectivity index (χ1) is 29.0. The minimum Gasteiger partial charge on any atom is -1.00 e. The summed E-state index contributed by atoms with van der Waals surface area (Å²) >= 11 is 0. The molecule has 0 heterocycles. The second-order valence-corrected chi connectivity index (χ2v) is 19.3. The van der Waals surface area contributed by atoms with Crippen LogP contribution in [0.15, 0.2) is 0 Å². The van der Waals surface area contributed by atoms with E-state index in [0.717, 1.165) is 25.7 Å². The van der Waals surface area contributed by atoms with E-state index in [1.165, 1.54) is 180 Å². The zero-order chi connectivity index (χ0) is 44.3. The fraction of sp³-hybridized carbons (Fsp3) is 0.941. The average molecular weight is 926 g/mol. The molecule has 9 nitrogen and oxygen atoms in total.